The fourth-order valence-corrected chi connectivity index (χ4v) is 1.26. The third kappa shape index (κ3) is 2.93. The maximum atomic E-state index is 8.76. The van der Waals surface area contributed by atoms with Gasteiger partial charge >= 0.3 is 0 Å². The highest BCUT2D eigenvalue weighted by molar-refractivity contribution is 5.44. The summed E-state index contributed by atoms with van der Waals surface area (Å²) in [4.78, 5) is 6.20. The molecule has 0 bridgehead atoms. The molecule has 0 amide bonds. The number of pyridine rings is 1. The summed E-state index contributed by atoms with van der Waals surface area (Å²) < 4.78 is 5.07. The number of aromatic nitrogens is 1. The molecule has 0 saturated heterocycles. The van der Waals surface area contributed by atoms with Crippen LogP contribution in [0.25, 0.3) is 0 Å². The topological polar surface area (TPSA) is 49.1 Å². The van der Waals surface area contributed by atoms with E-state index in [4.69, 9.17) is 10.00 Å². The number of hydrogen-bond acceptors (Lipinski definition) is 4. The van der Waals surface area contributed by atoms with Crippen molar-refractivity contribution in [2.45, 2.75) is 13.0 Å². The first-order valence-corrected chi connectivity index (χ1v) is 4.77. The third-order valence-corrected chi connectivity index (χ3v) is 2.30. The van der Waals surface area contributed by atoms with Gasteiger partial charge in [0.2, 0.25) is 0 Å². The molecule has 1 heterocycles. The van der Waals surface area contributed by atoms with E-state index in [0.717, 1.165) is 5.82 Å². The molecule has 1 atom stereocenters. The van der Waals surface area contributed by atoms with E-state index in [-0.39, 0.29) is 6.04 Å². The van der Waals surface area contributed by atoms with Crippen LogP contribution in [0, 0.1) is 11.3 Å². The number of rotatable bonds is 4. The molecule has 1 unspecified atom stereocenters. The van der Waals surface area contributed by atoms with Crippen molar-refractivity contribution in [1.29, 1.82) is 5.26 Å². The minimum Gasteiger partial charge on any atom is -0.383 e. The lowest BCUT2D eigenvalue weighted by molar-refractivity contribution is 0.183. The van der Waals surface area contributed by atoms with Crippen molar-refractivity contribution in [2.75, 3.05) is 25.7 Å². The van der Waals surface area contributed by atoms with Crippen molar-refractivity contribution in [1.82, 2.24) is 4.98 Å². The SMILES string of the molecule is COCC(C)N(C)c1cc(C#N)ccn1. The highest BCUT2D eigenvalue weighted by atomic mass is 16.5. The lowest BCUT2D eigenvalue weighted by Crippen LogP contribution is -2.33. The molecule has 0 N–H and O–H groups in total. The van der Waals surface area contributed by atoms with Crippen molar-refractivity contribution in [3.8, 4) is 6.07 Å². The summed E-state index contributed by atoms with van der Waals surface area (Å²) >= 11 is 0. The molecule has 0 aliphatic heterocycles. The van der Waals surface area contributed by atoms with Gasteiger partial charge in [0.05, 0.1) is 24.3 Å². The van der Waals surface area contributed by atoms with Crippen molar-refractivity contribution >= 4 is 5.82 Å². The fourth-order valence-electron chi connectivity index (χ4n) is 1.26. The van der Waals surface area contributed by atoms with Crippen LogP contribution in [0.3, 0.4) is 0 Å². The summed E-state index contributed by atoms with van der Waals surface area (Å²) in [6.07, 6.45) is 1.64. The van der Waals surface area contributed by atoms with E-state index in [9.17, 15) is 0 Å². The Morgan fingerprint density at radius 1 is 1.67 bits per heavy atom. The average Bonchev–Trinajstić information content (AvgIpc) is 2.28. The van der Waals surface area contributed by atoms with Gasteiger partial charge in [0.15, 0.2) is 0 Å². The largest absolute Gasteiger partial charge is 0.383 e. The molecular formula is C11H15N3O. The molecule has 0 aliphatic carbocycles. The highest BCUT2D eigenvalue weighted by Gasteiger charge is 2.10. The van der Waals surface area contributed by atoms with Gasteiger partial charge in [-0.2, -0.15) is 5.26 Å². The zero-order chi connectivity index (χ0) is 11.3. The van der Waals surface area contributed by atoms with Crippen LogP contribution in [0.2, 0.25) is 0 Å². The first-order valence-electron chi connectivity index (χ1n) is 4.77. The molecule has 4 heteroatoms. The Labute approximate surface area is 90.1 Å². The molecule has 15 heavy (non-hydrogen) atoms. The van der Waals surface area contributed by atoms with Gasteiger partial charge < -0.3 is 9.64 Å². The van der Waals surface area contributed by atoms with E-state index >= 15 is 0 Å². The third-order valence-electron chi connectivity index (χ3n) is 2.30. The van der Waals surface area contributed by atoms with Crippen molar-refractivity contribution in [3.05, 3.63) is 23.9 Å². The number of hydrogen-bond donors (Lipinski definition) is 0. The number of methoxy groups -OCH3 is 1. The quantitative estimate of drug-likeness (QED) is 0.746. The molecule has 0 radical (unpaired) electrons. The molecule has 1 aromatic heterocycles. The van der Waals surface area contributed by atoms with E-state index in [1.165, 1.54) is 0 Å². The van der Waals surface area contributed by atoms with Crippen LogP contribution < -0.4 is 4.90 Å². The standard InChI is InChI=1S/C11H15N3O/c1-9(8-15-3)14(2)11-6-10(7-12)4-5-13-11/h4-6,9H,8H2,1-3H3. The summed E-state index contributed by atoms with van der Waals surface area (Å²) in [5.74, 6) is 0.790. The lowest BCUT2D eigenvalue weighted by atomic mass is 10.2. The Balaban J connectivity index is 2.82. The normalized spacial score (nSPS) is 11.9. The molecule has 1 rings (SSSR count). The summed E-state index contributed by atoms with van der Waals surface area (Å²) in [5, 5.41) is 8.76. The summed E-state index contributed by atoms with van der Waals surface area (Å²) in [6.45, 7) is 2.68. The molecular weight excluding hydrogens is 190 g/mol. The van der Waals surface area contributed by atoms with Crippen LogP contribution in [0.5, 0.6) is 0 Å². The number of anilines is 1. The van der Waals surface area contributed by atoms with Crippen molar-refractivity contribution in [3.63, 3.8) is 0 Å². The lowest BCUT2D eigenvalue weighted by Gasteiger charge is -2.25. The van der Waals surface area contributed by atoms with Gasteiger partial charge in [0, 0.05) is 20.4 Å². The number of nitriles is 1. The smallest absolute Gasteiger partial charge is 0.129 e. The van der Waals surface area contributed by atoms with Crippen LogP contribution in [0.4, 0.5) is 5.82 Å². The van der Waals surface area contributed by atoms with Crippen molar-refractivity contribution < 1.29 is 4.74 Å². The predicted molar refractivity (Wildman–Crippen MR) is 58.7 cm³/mol. The second-order valence-corrected chi connectivity index (χ2v) is 3.43. The molecule has 0 spiro atoms. The molecule has 4 nitrogen and oxygen atoms in total. The van der Waals surface area contributed by atoms with Crippen LogP contribution in [-0.4, -0.2) is 31.8 Å². The van der Waals surface area contributed by atoms with Crippen LogP contribution in [0.15, 0.2) is 18.3 Å². The second kappa shape index (κ2) is 5.32. The number of ether oxygens (including phenoxy) is 1. The first-order chi connectivity index (χ1) is 7.19. The minimum atomic E-state index is 0.233. The summed E-state index contributed by atoms with van der Waals surface area (Å²) in [6, 6.07) is 5.79. The van der Waals surface area contributed by atoms with Gasteiger partial charge in [0.1, 0.15) is 5.82 Å². The Morgan fingerprint density at radius 3 is 3.00 bits per heavy atom. The molecule has 1 aromatic rings. The number of likely N-dealkylation sites (N-methyl/N-ethyl adjacent to an activating group) is 1. The van der Waals surface area contributed by atoms with E-state index in [0.29, 0.717) is 12.2 Å². The zero-order valence-electron chi connectivity index (χ0n) is 9.27. The molecule has 80 valence electrons. The molecule has 0 fully saturated rings. The Morgan fingerprint density at radius 2 is 2.40 bits per heavy atom. The Hall–Kier alpha value is -1.60. The second-order valence-electron chi connectivity index (χ2n) is 3.43. The van der Waals surface area contributed by atoms with Crippen LogP contribution >= 0.6 is 0 Å². The maximum absolute atomic E-state index is 8.76. The minimum absolute atomic E-state index is 0.233. The predicted octanol–water partition coefficient (Wildman–Crippen LogP) is 1.42. The summed E-state index contributed by atoms with van der Waals surface area (Å²) in [7, 11) is 3.61. The number of nitrogens with zero attached hydrogens (tertiary/aromatic N) is 3. The fraction of sp³-hybridized carbons (Fsp3) is 0.455. The summed E-state index contributed by atoms with van der Waals surface area (Å²) in [5.41, 5.74) is 0.622. The van der Waals surface area contributed by atoms with E-state index in [1.54, 1.807) is 25.4 Å². The van der Waals surface area contributed by atoms with Gasteiger partial charge in [0.25, 0.3) is 0 Å². The van der Waals surface area contributed by atoms with E-state index in [1.807, 2.05) is 18.9 Å². The average molecular weight is 205 g/mol. The van der Waals surface area contributed by atoms with Gasteiger partial charge in [-0.3, -0.25) is 0 Å². The van der Waals surface area contributed by atoms with Gasteiger partial charge in [-0.25, -0.2) is 4.98 Å². The molecule has 0 aliphatic rings. The molecule has 0 saturated carbocycles. The monoisotopic (exact) mass is 205 g/mol. The first kappa shape index (κ1) is 11.5. The Kier molecular flexibility index (Phi) is 4.07. The van der Waals surface area contributed by atoms with Gasteiger partial charge in [-0.15, -0.1) is 0 Å². The van der Waals surface area contributed by atoms with Crippen LogP contribution in [-0.2, 0) is 4.74 Å². The van der Waals surface area contributed by atoms with Gasteiger partial charge in [-0.05, 0) is 19.1 Å². The highest BCUT2D eigenvalue weighted by Crippen LogP contribution is 2.13. The van der Waals surface area contributed by atoms with E-state index in [2.05, 4.69) is 11.1 Å². The maximum Gasteiger partial charge on any atom is 0.129 e. The van der Waals surface area contributed by atoms with Gasteiger partial charge in [-0.1, -0.05) is 0 Å². The molecule has 0 aromatic carbocycles. The van der Waals surface area contributed by atoms with Crippen molar-refractivity contribution in [2.24, 2.45) is 0 Å². The zero-order valence-corrected chi connectivity index (χ0v) is 9.27. The van der Waals surface area contributed by atoms with Crippen LogP contribution in [0.1, 0.15) is 12.5 Å². The van der Waals surface area contributed by atoms with E-state index < -0.39 is 0 Å². The Bertz CT molecular complexity index is 359.